The number of Topliss-reactive ketones (excluding diaryl/α,β-unsaturated/α-hetero) is 1. The van der Waals surface area contributed by atoms with E-state index in [1.165, 1.54) is 0 Å². The quantitative estimate of drug-likeness (QED) is 0.0153. The van der Waals surface area contributed by atoms with Crippen molar-refractivity contribution in [1.29, 1.82) is 0 Å². The lowest BCUT2D eigenvalue weighted by atomic mass is 9.87. The van der Waals surface area contributed by atoms with Crippen LogP contribution in [0.4, 0.5) is 0 Å². The molecular weight excluding hydrogens is 813 g/mol. The van der Waals surface area contributed by atoms with Crippen LogP contribution >= 0.6 is 7.82 Å². The Kier molecular flexibility index (Phi) is 32.0. The number of quaternary nitrogens is 1. The summed E-state index contributed by atoms with van der Waals surface area (Å²) in [5.41, 5.74) is 0. The second-order valence-electron chi connectivity index (χ2n) is 17.4. The molecule has 7 atom stereocenters. The Morgan fingerprint density at radius 3 is 2.02 bits per heavy atom. The number of aliphatic hydroxyl groups is 3. The molecule has 14 heteroatoms. The highest BCUT2D eigenvalue weighted by atomic mass is 31.2. The fourth-order valence-corrected chi connectivity index (χ4v) is 7.56. The monoisotopic (exact) mass is 897 g/mol. The van der Waals surface area contributed by atoms with Crippen LogP contribution in [0.2, 0.25) is 0 Å². The predicted octanol–water partition coefficient (Wildman–Crippen LogP) is 8.80. The first-order chi connectivity index (χ1) is 29.6. The number of hydrogen-bond donors (Lipinski definition) is 4. The molecule has 1 aliphatic carbocycles. The summed E-state index contributed by atoms with van der Waals surface area (Å²) in [5.74, 6) is -2.14. The van der Waals surface area contributed by atoms with Crippen LogP contribution < -0.4 is 0 Å². The van der Waals surface area contributed by atoms with Crippen molar-refractivity contribution >= 4 is 25.5 Å². The second-order valence-corrected chi connectivity index (χ2v) is 18.8. The van der Waals surface area contributed by atoms with Crippen LogP contribution in [0.3, 0.4) is 0 Å². The fourth-order valence-electron chi connectivity index (χ4n) is 6.82. The number of rotatable bonds is 37. The molecule has 62 heavy (non-hydrogen) atoms. The number of ether oxygens (including phenoxy) is 2. The highest BCUT2D eigenvalue weighted by Crippen LogP contribution is 2.43. The van der Waals surface area contributed by atoms with Crippen LogP contribution in [0.15, 0.2) is 60.8 Å². The molecule has 0 bridgehead atoms. The number of nitrogens with zero attached hydrogens (tertiary/aromatic N) is 1. The van der Waals surface area contributed by atoms with Gasteiger partial charge in [0.25, 0.3) is 0 Å². The smallest absolute Gasteiger partial charge is 0.462 e. The summed E-state index contributed by atoms with van der Waals surface area (Å²) < 4.78 is 34.2. The Labute approximate surface area is 373 Å². The van der Waals surface area contributed by atoms with Crippen molar-refractivity contribution in [2.24, 2.45) is 11.8 Å². The number of carbonyl (C=O) groups is 3. The first kappa shape index (κ1) is 57.3. The topological polar surface area (TPSA) is 186 Å². The minimum Gasteiger partial charge on any atom is -0.462 e. The number of aliphatic hydroxyl groups excluding tert-OH is 3. The van der Waals surface area contributed by atoms with E-state index < -0.39 is 62.6 Å². The number of esters is 2. The molecule has 0 saturated heterocycles. The molecule has 1 fully saturated rings. The van der Waals surface area contributed by atoms with Crippen LogP contribution in [0.25, 0.3) is 0 Å². The number of allylic oxidation sites excluding steroid dienone is 8. The van der Waals surface area contributed by atoms with Crippen molar-refractivity contribution in [2.45, 2.75) is 167 Å². The Balaban J connectivity index is 2.53. The van der Waals surface area contributed by atoms with Crippen LogP contribution in [-0.4, -0.2) is 114 Å². The number of hydrogen-bond acceptors (Lipinski definition) is 11. The highest BCUT2D eigenvalue weighted by molar-refractivity contribution is 7.47. The van der Waals surface area contributed by atoms with Crippen LogP contribution in [0, 0.1) is 11.8 Å². The summed E-state index contributed by atoms with van der Waals surface area (Å²) in [5, 5.41) is 31.4. The summed E-state index contributed by atoms with van der Waals surface area (Å²) in [6, 6.07) is 0. The van der Waals surface area contributed by atoms with Gasteiger partial charge in [0.05, 0.1) is 46.1 Å². The van der Waals surface area contributed by atoms with Gasteiger partial charge < -0.3 is 34.2 Å². The van der Waals surface area contributed by atoms with Crippen molar-refractivity contribution in [1.82, 2.24) is 0 Å². The van der Waals surface area contributed by atoms with E-state index in [1.54, 1.807) is 12.2 Å². The number of phosphoric ester groups is 1. The lowest BCUT2D eigenvalue weighted by Crippen LogP contribution is -2.37. The predicted molar refractivity (Wildman–Crippen MR) is 245 cm³/mol. The lowest BCUT2D eigenvalue weighted by Gasteiger charge is -2.24. The van der Waals surface area contributed by atoms with Gasteiger partial charge in [-0.2, -0.15) is 0 Å². The van der Waals surface area contributed by atoms with Gasteiger partial charge in [-0.3, -0.25) is 23.4 Å². The maximum Gasteiger partial charge on any atom is 0.472 e. The molecule has 0 radical (unpaired) electrons. The van der Waals surface area contributed by atoms with E-state index in [0.29, 0.717) is 36.7 Å². The Morgan fingerprint density at radius 1 is 0.742 bits per heavy atom. The maximum absolute atomic E-state index is 12.9. The number of likely N-dealkylation sites (N-methyl/N-ethyl adjacent to an activating group) is 1. The molecule has 0 heterocycles. The summed E-state index contributed by atoms with van der Waals surface area (Å²) in [6.45, 7) is 3.72. The maximum atomic E-state index is 12.9. The van der Waals surface area contributed by atoms with E-state index in [0.717, 1.165) is 70.6 Å². The average molecular weight is 897 g/mol. The third kappa shape index (κ3) is 31.2. The van der Waals surface area contributed by atoms with Crippen molar-refractivity contribution in [3.63, 3.8) is 0 Å². The second kappa shape index (κ2) is 34.6. The van der Waals surface area contributed by atoms with E-state index in [4.69, 9.17) is 18.5 Å². The molecule has 0 amide bonds. The molecule has 0 aliphatic heterocycles. The molecule has 0 aromatic carbocycles. The zero-order chi connectivity index (χ0) is 46.1. The van der Waals surface area contributed by atoms with Gasteiger partial charge in [-0.25, -0.2) is 4.57 Å². The molecule has 13 nitrogen and oxygen atoms in total. The molecule has 356 valence electrons. The van der Waals surface area contributed by atoms with Crippen molar-refractivity contribution in [3.05, 3.63) is 60.8 Å². The van der Waals surface area contributed by atoms with E-state index >= 15 is 0 Å². The van der Waals surface area contributed by atoms with Gasteiger partial charge in [0.2, 0.25) is 0 Å². The van der Waals surface area contributed by atoms with Gasteiger partial charge >= 0.3 is 19.8 Å². The summed E-state index contributed by atoms with van der Waals surface area (Å²) in [7, 11) is 1.22. The standard InChI is InChI=1S/C48H82NO12P/c1-6-8-10-11-12-13-14-15-16-17-18-19-20-21-22-23-25-30-47(54)58-38-42(39-60-62(56,57)59-35-34-49(3,4)5)61-48(55)31-27-26-29-41(51)36-44-43(45(52)37-46(44)53)33-32-40(50)28-24-9-7-2/h8,10,12-13,15-16,18-19,32-33,40,42-46,50,52-53H,6-7,9,11,14,17,20-31,34-39H2,1-5H3/p+1/b10-8-,13-12-,16-15-,19-18-,33-32+/t40-,42+,43+,44+,45+,46-/m0/s1. The summed E-state index contributed by atoms with van der Waals surface area (Å²) >= 11 is 0. The van der Waals surface area contributed by atoms with Crippen LogP contribution in [0.1, 0.15) is 142 Å². The Bertz CT molecular complexity index is 1420. The van der Waals surface area contributed by atoms with Crippen molar-refractivity contribution in [2.75, 3.05) is 47.5 Å². The van der Waals surface area contributed by atoms with Crippen molar-refractivity contribution in [3.8, 4) is 0 Å². The third-order valence-corrected chi connectivity index (χ3v) is 11.5. The van der Waals surface area contributed by atoms with E-state index in [-0.39, 0.29) is 51.1 Å². The zero-order valence-corrected chi connectivity index (χ0v) is 39.6. The molecule has 4 N–H and O–H groups in total. The first-order valence-corrected chi connectivity index (χ1v) is 24.7. The molecule has 1 rings (SSSR count). The molecule has 1 aliphatic rings. The van der Waals surface area contributed by atoms with Gasteiger partial charge in [0.15, 0.2) is 6.10 Å². The van der Waals surface area contributed by atoms with Gasteiger partial charge in [-0.15, -0.1) is 0 Å². The van der Waals surface area contributed by atoms with Crippen LogP contribution in [-0.2, 0) is 37.5 Å². The van der Waals surface area contributed by atoms with Gasteiger partial charge in [-0.1, -0.05) is 107 Å². The SMILES string of the molecule is CC/C=C\C/C=C\C/C=C\C/C=C\CCCCCCC(=O)OC[C@H](COP(=O)(O)OCC[N+](C)(C)C)OC(=O)CCCCC(=O)C[C@@H]1[C@@H](/C=C/[C@@H](O)CCCCC)[C@H](O)C[C@@H]1O. The molecular formula is C48H83NO12P+. The minimum atomic E-state index is -4.49. The van der Waals surface area contributed by atoms with Gasteiger partial charge in [-0.05, 0) is 64.2 Å². The molecule has 1 unspecified atom stereocenters. The molecule has 1 saturated carbocycles. The zero-order valence-electron chi connectivity index (χ0n) is 38.7. The first-order valence-electron chi connectivity index (χ1n) is 23.2. The van der Waals surface area contributed by atoms with Crippen molar-refractivity contribution < 1.29 is 62.2 Å². The number of carbonyl (C=O) groups excluding carboxylic acids is 3. The molecule has 0 spiro atoms. The number of unbranched alkanes of at least 4 members (excludes halogenated alkanes) is 7. The number of ketones is 1. The highest BCUT2D eigenvalue weighted by Gasteiger charge is 2.41. The molecule has 0 aromatic heterocycles. The van der Waals surface area contributed by atoms with Crippen LogP contribution in [0.5, 0.6) is 0 Å². The van der Waals surface area contributed by atoms with Gasteiger partial charge in [0.1, 0.15) is 25.5 Å². The average Bonchev–Trinajstić information content (AvgIpc) is 3.47. The Morgan fingerprint density at radius 2 is 1.35 bits per heavy atom. The summed E-state index contributed by atoms with van der Waals surface area (Å²) in [4.78, 5) is 48.5. The van der Waals surface area contributed by atoms with E-state index in [1.807, 2.05) is 21.1 Å². The third-order valence-electron chi connectivity index (χ3n) is 10.5. The largest absolute Gasteiger partial charge is 0.472 e. The lowest BCUT2D eigenvalue weighted by molar-refractivity contribution is -0.870. The Hall–Kier alpha value is -2.74. The fraction of sp³-hybridized carbons (Fsp3) is 0.729. The number of phosphoric acid groups is 1. The summed E-state index contributed by atoms with van der Waals surface area (Å²) in [6.07, 6.45) is 30.4. The van der Waals surface area contributed by atoms with Gasteiger partial charge in [0, 0.05) is 43.9 Å². The minimum absolute atomic E-state index is 0.0429. The van der Waals surface area contributed by atoms with E-state index in [9.17, 15) is 39.2 Å². The normalized spacial score (nSPS) is 20.5. The van der Waals surface area contributed by atoms with E-state index in [2.05, 4.69) is 62.5 Å². The molecule has 0 aromatic rings.